The average molecular weight is 414 g/mol. The number of carbonyl (C=O) groups excluding carboxylic acids is 1. The smallest absolute Gasteiger partial charge is 0.387 e. The molecule has 0 fully saturated rings. The first-order chi connectivity index (χ1) is 13.1. The highest BCUT2D eigenvalue weighted by Gasteiger charge is 2.22. The second kappa shape index (κ2) is 9.09. The summed E-state index contributed by atoms with van der Waals surface area (Å²) in [5.41, 5.74) is 1.31. The monoisotopic (exact) mass is 414 g/mol. The van der Waals surface area contributed by atoms with E-state index in [9.17, 15) is 22.0 Å². The van der Waals surface area contributed by atoms with Crippen LogP contribution in [-0.4, -0.2) is 34.0 Å². The first-order valence-corrected chi connectivity index (χ1v) is 9.90. The van der Waals surface area contributed by atoms with E-state index in [0.29, 0.717) is 12.2 Å². The molecule has 2 atom stereocenters. The quantitative estimate of drug-likeness (QED) is 0.599. The van der Waals surface area contributed by atoms with Gasteiger partial charge in [-0.2, -0.15) is 8.78 Å². The summed E-state index contributed by atoms with van der Waals surface area (Å²) in [7, 11) is -1.96. The molecule has 0 saturated carbocycles. The molecule has 2 aromatic carbocycles. The molecule has 2 aromatic rings. The fraction of sp³-hybridized carbons (Fsp3) is 0.278. The van der Waals surface area contributed by atoms with Gasteiger partial charge in [0.05, 0.1) is 11.9 Å². The molecular weight excluding hydrogens is 392 g/mol. The molecule has 0 aliphatic rings. The van der Waals surface area contributed by atoms with Crippen molar-refractivity contribution < 1.29 is 31.6 Å². The van der Waals surface area contributed by atoms with Crippen LogP contribution in [0.5, 0.6) is 5.75 Å². The molecule has 1 amide bonds. The van der Waals surface area contributed by atoms with Crippen LogP contribution < -0.4 is 20.1 Å². The maximum atomic E-state index is 12.4. The number of nitrogens with one attached hydrogen (secondary N) is 2. The van der Waals surface area contributed by atoms with Crippen molar-refractivity contribution in [3.63, 3.8) is 0 Å². The van der Waals surface area contributed by atoms with Gasteiger partial charge in [0.25, 0.3) is 5.91 Å². The number of amides is 1. The molecular formula is C18H22F2N3O4S+. The number of rotatable bonds is 8. The number of primary sulfonamides is 1. The Labute approximate surface area is 162 Å². The molecule has 2 rings (SSSR count). The molecule has 0 saturated heterocycles. The van der Waals surface area contributed by atoms with E-state index in [1.54, 1.807) is 19.1 Å². The number of hydrogen-bond donors (Lipinski definition) is 3. The van der Waals surface area contributed by atoms with Crippen LogP contribution in [0.25, 0.3) is 0 Å². The van der Waals surface area contributed by atoms with Crippen molar-refractivity contribution in [3.05, 3.63) is 54.1 Å². The lowest BCUT2D eigenvalue weighted by molar-refractivity contribution is -0.907. The SMILES string of the molecule is C[C@H](C(=O)Nc1ccc(S(N)(=O)=O)cc1)[NH+](C)Cc1ccc(OC(F)F)cc1. The minimum atomic E-state index is -3.79. The number of benzene rings is 2. The molecule has 0 radical (unpaired) electrons. The summed E-state index contributed by atoms with van der Waals surface area (Å²) in [6, 6.07) is 11.4. The largest absolute Gasteiger partial charge is 0.435 e. The number of quaternary nitrogens is 1. The Hall–Kier alpha value is -2.56. The first kappa shape index (κ1) is 21.7. The molecule has 4 N–H and O–H groups in total. The van der Waals surface area contributed by atoms with Crippen LogP contribution in [0.1, 0.15) is 12.5 Å². The number of likely N-dealkylation sites (N-methyl/N-ethyl adjacent to an activating group) is 1. The fourth-order valence-corrected chi connectivity index (χ4v) is 2.98. The van der Waals surface area contributed by atoms with E-state index in [0.717, 1.165) is 10.5 Å². The van der Waals surface area contributed by atoms with Crippen molar-refractivity contribution in [2.45, 2.75) is 31.0 Å². The lowest BCUT2D eigenvalue weighted by atomic mass is 10.1. The van der Waals surface area contributed by atoms with Crippen LogP contribution in [0.15, 0.2) is 53.4 Å². The van der Waals surface area contributed by atoms with Crippen molar-refractivity contribution >= 4 is 21.6 Å². The minimum Gasteiger partial charge on any atom is -0.435 e. The summed E-state index contributed by atoms with van der Waals surface area (Å²) >= 11 is 0. The highest BCUT2D eigenvalue weighted by atomic mass is 32.2. The summed E-state index contributed by atoms with van der Waals surface area (Å²) in [5.74, 6) is -0.177. The van der Waals surface area contributed by atoms with Crippen LogP contribution in [-0.2, 0) is 21.4 Å². The van der Waals surface area contributed by atoms with Gasteiger partial charge in [0.2, 0.25) is 10.0 Å². The molecule has 0 bridgehead atoms. The average Bonchev–Trinajstić information content (AvgIpc) is 2.62. The van der Waals surface area contributed by atoms with Gasteiger partial charge in [-0.15, -0.1) is 0 Å². The second-order valence-corrected chi connectivity index (χ2v) is 7.89. The lowest BCUT2D eigenvalue weighted by Gasteiger charge is -2.21. The lowest BCUT2D eigenvalue weighted by Crippen LogP contribution is -3.12. The van der Waals surface area contributed by atoms with Crippen LogP contribution >= 0.6 is 0 Å². The second-order valence-electron chi connectivity index (χ2n) is 6.33. The third-order valence-electron chi connectivity index (χ3n) is 4.21. The third-order valence-corrected chi connectivity index (χ3v) is 5.14. The van der Waals surface area contributed by atoms with Gasteiger partial charge in [-0.25, -0.2) is 13.6 Å². The van der Waals surface area contributed by atoms with Gasteiger partial charge in [0, 0.05) is 11.3 Å². The van der Waals surface area contributed by atoms with Crippen LogP contribution in [0.4, 0.5) is 14.5 Å². The molecule has 0 heterocycles. The Morgan fingerprint density at radius 3 is 2.21 bits per heavy atom. The van der Waals surface area contributed by atoms with Gasteiger partial charge in [-0.05, 0) is 55.5 Å². The van der Waals surface area contributed by atoms with Crippen molar-refractivity contribution in [2.75, 3.05) is 12.4 Å². The number of ether oxygens (including phenoxy) is 1. The van der Waals surface area contributed by atoms with Crippen LogP contribution in [0, 0.1) is 0 Å². The highest BCUT2D eigenvalue weighted by molar-refractivity contribution is 7.89. The number of carbonyl (C=O) groups is 1. The van der Waals surface area contributed by atoms with Gasteiger partial charge in [-0.1, -0.05) is 0 Å². The predicted molar refractivity (Wildman–Crippen MR) is 99.6 cm³/mol. The molecule has 10 heteroatoms. The third kappa shape index (κ3) is 6.25. The van der Waals surface area contributed by atoms with E-state index in [1.165, 1.54) is 36.4 Å². The van der Waals surface area contributed by atoms with Crippen molar-refractivity contribution in [2.24, 2.45) is 5.14 Å². The molecule has 0 spiro atoms. The predicted octanol–water partition coefficient (Wildman–Crippen LogP) is 0.977. The van der Waals surface area contributed by atoms with Crippen molar-refractivity contribution in [1.29, 1.82) is 0 Å². The molecule has 0 aromatic heterocycles. The number of sulfonamides is 1. The molecule has 7 nitrogen and oxygen atoms in total. The molecule has 1 unspecified atom stereocenters. The Bertz CT molecular complexity index is 903. The Balaban J connectivity index is 1.94. The molecule has 152 valence electrons. The number of nitrogens with two attached hydrogens (primary N) is 1. The van der Waals surface area contributed by atoms with Gasteiger partial charge in [0.1, 0.15) is 12.3 Å². The molecule has 0 aliphatic carbocycles. The first-order valence-electron chi connectivity index (χ1n) is 8.36. The summed E-state index contributed by atoms with van der Waals surface area (Å²) in [5, 5.41) is 7.76. The zero-order valence-corrected chi connectivity index (χ0v) is 16.2. The maximum Gasteiger partial charge on any atom is 0.387 e. The van der Waals surface area contributed by atoms with E-state index >= 15 is 0 Å². The standard InChI is InChI=1S/C18H21F2N3O4S/c1-12(17(24)22-14-5-9-16(10-6-14)28(21,25)26)23(2)11-13-3-7-15(8-4-13)27-18(19)20/h3-10,12,18H,11H2,1-2H3,(H,22,24)(H2,21,25,26)/p+1/t12-/m1/s1. The van der Waals surface area contributed by atoms with E-state index in [-0.39, 0.29) is 16.6 Å². The van der Waals surface area contributed by atoms with Gasteiger partial charge in [-0.3, -0.25) is 4.79 Å². The topological polar surface area (TPSA) is 103 Å². The van der Waals surface area contributed by atoms with E-state index < -0.39 is 22.7 Å². The van der Waals surface area contributed by atoms with E-state index in [2.05, 4.69) is 10.1 Å². The van der Waals surface area contributed by atoms with Crippen molar-refractivity contribution in [3.8, 4) is 5.75 Å². The number of anilines is 1. The van der Waals surface area contributed by atoms with E-state index in [1.807, 2.05) is 7.05 Å². The normalized spacial score (nSPS) is 13.8. The highest BCUT2D eigenvalue weighted by Crippen LogP contribution is 2.15. The number of halogens is 2. The Morgan fingerprint density at radius 2 is 1.71 bits per heavy atom. The van der Waals surface area contributed by atoms with E-state index in [4.69, 9.17) is 5.14 Å². The molecule has 28 heavy (non-hydrogen) atoms. The van der Waals surface area contributed by atoms with Gasteiger partial charge in [0.15, 0.2) is 6.04 Å². The Kier molecular flexibility index (Phi) is 7.05. The summed E-state index contributed by atoms with van der Waals surface area (Å²) in [4.78, 5) is 13.3. The summed E-state index contributed by atoms with van der Waals surface area (Å²) in [6.45, 7) is -0.632. The Morgan fingerprint density at radius 1 is 1.14 bits per heavy atom. The summed E-state index contributed by atoms with van der Waals surface area (Å²) in [6.07, 6.45) is 0. The van der Waals surface area contributed by atoms with Crippen LogP contribution in [0.2, 0.25) is 0 Å². The number of alkyl halides is 2. The molecule has 0 aliphatic heterocycles. The van der Waals surface area contributed by atoms with Gasteiger partial charge < -0.3 is 15.0 Å². The van der Waals surface area contributed by atoms with Crippen molar-refractivity contribution in [1.82, 2.24) is 0 Å². The number of hydrogen-bond acceptors (Lipinski definition) is 4. The zero-order valence-electron chi connectivity index (χ0n) is 15.4. The fourth-order valence-electron chi connectivity index (χ4n) is 2.47. The summed E-state index contributed by atoms with van der Waals surface area (Å²) < 4.78 is 51.2. The van der Waals surface area contributed by atoms with Crippen LogP contribution in [0.3, 0.4) is 0 Å². The maximum absolute atomic E-state index is 12.4. The minimum absolute atomic E-state index is 0.0411. The van der Waals surface area contributed by atoms with Gasteiger partial charge >= 0.3 is 6.61 Å². The zero-order chi connectivity index (χ0) is 20.9.